The summed E-state index contributed by atoms with van der Waals surface area (Å²) in [4.78, 5) is 4.26. The Hall–Kier alpha value is -1.30. The first kappa shape index (κ1) is 20.7. The number of aliphatic imine (C=N–C) groups is 1. The molecular weight excluding hydrogens is 326 g/mol. The minimum Gasteiger partial charge on any atom is -0.382 e. The highest BCUT2D eigenvalue weighted by atomic mass is 35.5. The van der Waals surface area contributed by atoms with Crippen LogP contribution < -0.4 is 10.6 Å². The SMILES string of the molecule is CN=C(NCCCOCCOC)NCC(C)(C)c1ccc(Cl)cc1. The lowest BCUT2D eigenvalue weighted by Crippen LogP contribution is -2.43. The van der Waals surface area contributed by atoms with E-state index in [1.807, 2.05) is 12.1 Å². The second-order valence-corrected chi connectivity index (χ2v) is 6.64. The molecule has 1 rings (SSSR count). The summed E-state index contributed by atoms with van der Waals surface area (Å²) >= 11 is 5.96. The number of rotatable bonds is 10. The van der Waals surface area contributed by atoms with Gasteiger partial charge in [0.25, 0.3) is 0 Å². The van der Waals surface area contributed by atoms with Gasteiger partial charge in [-0.05, 0) is 24.1 Å². The number of guanidine groups is 1. The molecule has 0 spiro atoms. The third-order valence-corrected chi connectivity index (χ3v) is 3.99. The molecule has 0 aliphatic heterocycles. The average molecular weight is 356 g/mol. The van der Waals surface area contributed by atoms with E-state index in [0.29, 0.717) is 19.8 Å². The van der Waals surface area contributed by atoms with Crippen LogP contribution in [0.15, 0.2) is 29.3 Å². The van der Waals surface area contributed by atoms with Crippen molar-refractivity contribution in [2.75, 3.05) is 47.1 Å². The van der Waals surface area contributed by atoms with Gasteiger partial charge in [-0.25, -0.2) is 0 Å². The Labute approximate surface area is 150 Å². The van der Waals surface area contributed by atoms with Gasteiger partial charge in [-0.15, -0.1) is 0 Å². The Balaban J connectivity index is 2.31. The van der Waals surface area contributed by atoms with Crippen molar-refractivity contribution in [1.82, 2.24) is 10.6 Å². The van der Waals surface area contributed by atoms with Crippen LogP contribution in [-0.2, 0) is 14.9 Å². The minimum atomic E-state index is -0.0223. The molecule has 136 valence electrons. The van der Waals surface area contributed by atoms with Crippen LogP contribution in [0.1, 0.15) is 25.8 Å². The topological polar surface area (TPSA) is 54.9 Å². The van der Waals surface area contributed by atoms with Crippen LogP contribution in [-0.4, -0.2) is 53.0 Å². The molecule has 0 bridgehead atoms. The zero-order chi connectivity index (χ0) is 17.8. The molecule has 0 aliphatic carbocycles. The van der Waals surface area contributed by atoms with E-state index in [1.165, 1.54) is 5.56 Å². The number of nitrogens with one attached hydrogen (secondary N) is 2. The molecule has 0 amide bonds. The molecular formula is C18H30ClN3O2. The molecule has 6 heteroatoms. The fourth-order valence-electron chi connectivity index (χ4n) is 2.15. The molecule has 0 aliphatic rings. The van der Waals surface area contributed by atoms with E-state index in [9.17, 15) is 0 Å². The van der Waals surface area contributed by atoms with Gasteiger partial charge >= 0.3 is 0 Å². The third-order valence-electron chi connectivity index (χ3n) is 3.74. The molecule has 0 fully saturated rings. The fourth-order valence-corrected chi connectivity index (χ4v) is 2.28. The Bertz CT molecular complexity index is 490. The van der Waals surface area contributed by atoms with Crippen molar-refractivity contribution < 1.29 is 9.47 Å². The van der Waals surface area contributed by atoms with Gasteiger partial charge in [0.2, 0.25) is 0 Å². The van der Waals surface area contributed by atoms with Crippen molar-refractivity contribution in [2.24, 2.45) is 4.99 Å². The highest BCUT2D eigenvalue weighted by Gasteiger charge is 2.20. The van der Waals surface area contributed by atoms with Crippen LogP contribution in [0.4, 0.5) is 0 Å². The van der Waals surface area contributed by atoms with E-state index in [4.69, 9.17) is 21.1 Å². The average Bonchev–Trinajstić information content (AvgIpc) is 2.57. The van der Waals surface area contributed by atoms with E-state index >= 15 is 0 Å². The Morgan fingerprint density at radius 2 is 1.83 bits per heavy atom. The first-order valence-corrected chi connectivity index (χ1v) is 8.64. The molecule has 0 aromatic heterocycles. The summed E-state index contributed by atoms with van der Waals surface area (Å²) in [5, 5.41) is 7.44. The third kappa shape index (κ3) is 7.99. The van der Waals surface area contributed by atoms with Gasteiger partial charge in [0.05, 0.1) is 13.2 Å². The Kier molecular flexibility index (Phi) is 9.76. The van der Waals surface area contributed by atoms with Crippen molar-refractivity contribution in [3.05, 3.63) is 34.9 Å². The van der Waals surface area contributed by atoms with Crippen molar-refractivity contribution in [1.29, 1.82) is 0 Å². The van der Waals surface area contributed by atoms with Gasteiger partial charge in [0.1, 0.15) is 0 Å². The maximum atomic E-state index is 5.96. The van der Waals surface area contributed by atoms with Crippen molar-refractivity contribution in [2.45, 2.75) is 25.7 Å². The van der Waals surface area contributed by atoms with E-state index in [0.717, 1.165) is 30.5 Å². The molecule has 5 nitrogen and oxygen atoms in total. The zero-order valence-electron chi connectivity index (χ0n) is 15.2. The van der Waals surface area contributed by atoms with Gasteiger partial charge < -0.3 is 20.1 Å². The standard InChI is InChI=1S/C18H30ClN3O2/c1-18(2,15-6-8-16(19)9-7-15)14-22-17(20-3)21-10-5-11-24-13-12-23-4/h6-9H,5,10-14H2,1-4H3,(H2,20,21,22). The van der Waals surface area contributed by atoms with Crippen LogP contribution in [0, 0.1) is 0 Å². The Morgan fingerprint density at radius 3 is 2.46 bits per heavy atom. The molecule has 0 radical (unpaired) electrons. The smallest absolute Gasteiger partial charge is 0.191 e. The first-order chi connectivity index (χ1) is 11.5. The maximum Gasteiger partial charge on any atom is 0.191 e. The van der Waals surface area contributed by atoms with E-state index in [2.05, 4.69) is 41.6 Å². The molecule has 0 atom stereocenters. The number of hydrogen-bond donors (Lipinski definition) is 2. The quantitative estimate of drug-likeness (QED) is 0.385. The summed E-state index contributed by atoms with van der Waals surface area (Å²) in [5.41, 5.74) is 1.22. The molecule has 0 saturated carbocycles. The zero-order valence-corrected chi connectivity index (χ0v) is 15.9. The summed E-state index contributed by atoms with van der Waals surface area (Å²) in [6.45, 7) is 7.96. The summed E-state index contributed by atoms with van der Waals surface area (Å²) < 4.78 is 10.4. The highest BCUT2D eigenvalue weighted by Crippen LogP contribution is 2.23. The lowest BCUT2D eigenvalue weighted by Gasteiger charge is -2.27. The molecule has 24 heavy (non-hydrogen) atoms. The minimum absolute atomic E-state index is 0.0223. The van der Waals surface area contributed by atoms with Crippen molar-refractivity contribution in [3.63, 3.8) is 0 Å². The lowest BCUT2D eigenvalue weighted by atomic mass is 9.85. The van der Waals surface area contributed by atoms with Gasteiger partial charge in [-0.3, -0.25) is 4.99 Å². The van der Waals surface area contributed by atoms with Crippen LogP contribution in [0.5, 0.6) is 0 Å². The van der Waals surface area contributed by atoms with Crippen LogP contribution >= 0.6 is 11.6 Å². The Morgan fingerprint density at radius 1 is 1.12 bits per heavy atom. The molecule has 0 saturated heterocycles. The van der Waals surface area contributed by atoms with Crippen LogP contribution in [0.25, 0.3) is 0 Å². The summed E-state index contributed by atoms with van der Waals surface area (Å²) in [5.74, 6) is 0.800. The highest BCUT2D eigenvalue weighted by molar-refractivity contribution is 6.30. The second-order valence-electron chi connectivity index (χ2n) is 6.20. The monoisotopic (exact) mass is 355 g/mol. The lowest BCUT2D eigenvalue weighted by molar-refractivity contribution is 0.0698. The van der Waals surface area contributed by atoms with Gasteiger partial charge in [0, 0.05) is 44.3 Å². The number of ether oxygens (including phenoxy) is 2. The number of hydrogen-bond acceptors (Lipinski definition) is 3. The molecule has 1 aromatic rings. The molecule has 0 heterocycles. The number of methoxy groups -OCH3 is 1. The van der Waals surface area contributed by atoms with Crippen molar-refractivity contribution >= 4 is 17.6 Å². The molecule has 0 unspecified atom stereocenters. The number of nitrogens with zero attached hydrogens (tertiary/aromatic N) is 1. The predicted molar refractivity (Wildman–Crippen MR) is 101 cm³/mol. The van der Waals surface area contributed by atoms with Crippen LogP contribution in [0.3, 0.4) is 0 Å². The first-order valence-electron chi connectivity index (χ1n) is 8.27. The van der Waals surface area contributed by atoms with Gasteiger partial charge in [-0.2, -0.15) is 0 Å². The second kappa shape index (κ2) is 11.3. The summed E-state index contributed by atoms with van der Waals surface area (Å²) in [7, 11) is 3.45. The number of benzene rings is 1. The molecule has 1 aromatic carbocycles. The number of halogens is 1. The predicted octanol–water partition coefficient (Wildman–Crippen LogP) is 2.84. The van der Waals surface area contributed by atoms with Gasteiger partial charge in [-0.1, -0.05) is 37.6 Å². The van der Waals surface area contributed by atoms with E-state index in [1.54, 1.807) is 14.2 Å². The molecule has 2 N–H and O–H groups in total. The maximum absolute atomic E-state index is 5.96. The van der Waals surface area contributed by atoms with Crippen molar-refractivity contribution in [3.8, 4) is 0 Å². The summed E-state index contributed by atoms with van der Waals surface area (Å²) in [6, 6.07) is 7.99. The van der Waals surface area contributed by atoms with E-state index < -0.39 is 0 Å². The van der Waals surface area contributed by atoms with Crippen LogP contribution in [0.2, 0.25) is 5.02 Å². The summed E-state index contributed by atoms with van der Waals surface area (Å²) in [6.07, 6.45) is 0.922. The van der Waals surface area contributed by atoms with Gasteiger partial charge in [0.15, 0.2) is 5.96 Å². The van der Waals surface area contributed by atoms with E-state index in [-0.39, 0.29) is 5.41 Å². The normalized spacial score (nSPS) is 12.3. The largest absolute Gasteiger partial charge is 0.382 e. The fraction of sp³-hybridized carbons (Fsp3) is 0.611.